The third kappa shape index (κ3) is 4.53. The lowest BCUT2D eigenvalue weighted by Crippen LogP contribution is -2.41. The highest BCUT2D eigenvalue weighted by Gasteiger charge is 2.25. The van der Waals surface area contributed by atoms with Gasteiger partial charge in [-0.3, -0.25) is 9.59 Å². The van der Waals surface area contributed by atoms with Crippen LogP contribution in [0.15, 0.2) is 36.4 Å². The maximum Gasteiger partial charge on any atom is 0.260 e. The molecule has 0 fully saturated rings. The standard InChI is InChI=1S/C18H17F3N2O3/c1-2-23(18(26)16-13(20)7-8-14(24)17(16)21)10-15(25)22-9-11-3-5-12(19)6-4-11/h3-8,24H,2,9-10H2,1H3,(H,22,25). The van der Waals surface area contributed by atoms with Gasteiger partial charge in [-0.15, -0.1) is 0 Å². The second kappa shape index (κ2) is 8.37. The zero-order valence-electron chi connectivity index (χ0n) is 13.9. The molecule has 0 aliphatic heterocycles. The van der Waals surface area contributed by atoms with Gasteiger partial charge in [0.1, 0.15) is 17.2 Å². The number of nitrogens with one attached hydrogen (secondary N) is 1. The molecule has 26 heavy (non-hydrogen) atoms. The van der Waals surface area contributed by atoms with Crippen LogP contribution >= 0.6 is 0 Å². The van der Waals surface area contributed by atoms with Crippen LogP contribution in [0.25, 0.3) is 0 Å². The van der Waals surface area contributed by atoms with Gasteiger partial charge in [-0.2, -0.15) is 0 Å². The molecule has 0 saturated heterocycles. The molecule has 8 heteroatoms. The van der Waals surface area contributed by atoms with Crippen molar-refractivity contribution < 1.29 is 27.9 Å². The average molecular weight is 366 g/mol. The number of phenolic OH excluding ortho intramolecular Hbond substituents is 1. The number of hydrogen-bond acceptors (Lipinski definition) is 3. The van der Waals surface area contributed by atoms with Crippen LogP contribution in [0.4, 0.5) is 13.2 Å². The van der Waals surface area contributed by atoms with Gasteiger partial charge >= 0.3 is 0 Å². The highest BCUT2D eigenvalue weighted by molar-refractivity contribution is 5.97. The highest BCUT2D eigenvalue weighted by Crippen LogP contribution is 2.23. The molecule has 0 aromatic heterocycles. The lowest BCUT2D eigenvalue weighted by Gasteiger charge is -2.21. The first-order valence-corrected chi connectivity index (χ1v) is 7.80. The fourth-order valence-electron chi connectivity index (χ4n) is 2.26. The Bertz CT molecular complexity index is 810. The lowest BCUT2D eigenvalue weighted by atomic mass is 10.1. The number of likely N-dealkylation sites (N-methyl/N-ethyl adjacent to an activating group) is 1. The number of aromatic hydroxyl groups is 1. The van der Waals surface area contributed by atoms with E-state index in [1.54, 1.807) is 6.92 Å². The SMILES string of the molecule is CCN(CC(=O)NCc1ccc(F)cc1)C(=O)c1c(F)ccc(O)c1F. The summed E-state index contributed by atoms with van der Waals surface area (Å²) in [7, 11) is 0. The van der Waals surface area contributed by atoms with Gasteiger partial charge in [-0.25, -0.2) is 13.2 Å². The Balaban J connectivity index is 2.04. The molecule has 138 valence electrons. The molecule has 0 unspecified atom stereocenters. The normalized spacial score (nSPS) is 10.5. The minimum Gasteiger partial charge on any atom is -0.505 e. The molecule has 0 aliphatic rings. The molecule has 5 nitrogen and oxygen atoms in total. The van der Waals surface area contributed by atoms with Crippen LogP contribution < -0.4 is 5.32 Å². The van der Waals surface area contributed by atoms with E-state index < -0.39 is 47.1 Å². The molecule has 0 aliphatic carbocycles. The lowest BCUT2D eigenvalue weighted by molar-refractivity contribution is -0.121. The van der Waals surface area contributed by atoms with Crippen LogP contribution in [-0.2, 0) is 11.3 Å². The van der Waals surface area contributed by atoms with Crippen molar-refractivity contribution >= 4 is 11.8 Å². The van der Waals surface area contributed by atoms with Crippen LogP contribution in [0.3, 0.4) is 0 Å². The smallest absolute Gasteiger partial charge is 0.260 e. The van der Waals surface area contributed by atoms with Crippen LogP contribution in [0.5, 0.6) is 5.75 Å². The summed E-state index contributed by atoms with van der Waals surface area (Å²) in [5.74, 6) is -5.36. The first-order chi connectivity index (χ1) is 12.3. The van der Waals surface area contributed by atoms with Crippen molar-refractivity contribution in [2.24, 2.45) is 0 Å². The number of nitrogens with zero attached hydrogens (tertiary/aromatic N) is 1. The summed E-state index contributed by atoms with van der Waals surface area (Å²) in [6.45, 7) is 1.26. The summed E-state index contributed by atoms with van der Waals surface area (Å²) >= 11 is 0. The van der Waals surface area contributed by atoms with Crippen molar-refractivity contribution in [3.63, 3.8) is 0 Å². The molecule has 2 N–H and O–H groups in total. The Morgan fingerprint density at radius 1 is 1.08 bits per heavy atom. The zero-order chi connectivity index (χ0) is 19.3. The van der Waals surface area contributed by atoms with Crippen LogP contribution in [0, 0.1) is 17.5 Å². The van der Waals surface area contributed by atoms with E-state index in [0.717, 1.165) is 17.0 Å². The molecule has 0 bridgehead atoms. The summed E-state index contributed by atoms with van der Waals surface area (Å²) in [6, 6.07) is 7.06. The number of carbonyl (C=O) groups excluding carboxylic acids is 2. The van der Waals surface area contributed by atoms with Crippen LogP contribution in [0.1, 0.15) is 22.8 Å². The number of carbonyl (C=O) groups is 2. The largest absolute Gasteiger partial charge is 0.505 e. The zero-order valence-corrected chi connectivity index (χ0v) is 13.9. The second-order valence-electron chi connectivity index (χ2n) is 5.48. The Morgan fingerprint density at radius 3 is 2.35 bits per heavy atom. The predicted octanol–water partition coefficient (Wildman–Crippen LogP) is 2.59. The summed E-state index contributed by atoms with van der Waals surface area (Å²) in [5, 5.41) is 11.9. The number of benzene rings is 2. The van der Waals surface area contributed by atoms with Gasteiger partial charge in [0, 0.05) is 13.1 Å². The van der Waals surface area contributed by atoms with Gasteiger partial charge in [0.15, 0.2) is 11.6 Å². The molecule has 0 spiro atoms. The first-order valence-electron chi connectivity index (χ1n) is 7.80. The van der Waals surface area contributed by atoms with Crippen LogP contribution in [0.2, 0.25) is 0 Å². The Kier molecular flexibility index (Phi) is 6.21. The van der Waals surface area contributed by atoms with E-state index in [0.29, 0.717) is 5.56 Å². The van der Waals surface area contributed by atoms with Gasteiger partial charge < -0.3 is 15.3 Å². The van der Waals surface area contributed by atoms with Gasteiger partial charge in [-0.1, -0.05) is 12.1 Å². The monoisotopic (exact) mass is 366 g/mol. The number of hydrogen-bond donors (Lipinski definition) is 2. The molecule has 2 rings (SSSR count). The van der Waals surface area contributed by atoms with E-state index in [2.05, 4.69) is 5.32 Å². The Hall–Kier alpha value is -3.03. The molecule has 2 aromatic rings. The van der Waals surface area contributed by atoms with Crippen molar-refractivity contribution in [1.82, 2.24) is 10.2 Å². The maximum atomic E-state index is 13.9. The third-order valence-corrected chi connectivity index (χ3v) is 3.69. The fraction of sp³-hybridized carbons (Fsp3) is 0.222. The highest BCUT2D eigenvalue weighted by atomic mass is 19.1. The summed E-state index contributed by atoms with van der Waals surface area (Å²) in [5.41, 5.74) is -0.266. The molecule has 0 saturated carbocycles. The first kappa shape index (κ1) is 19.3. The summed E-state index contributed by atoms with van der Waals surface area (Å²) in [4.78, 5) is 25.3. The Labute approximate surface area is 148 Å². The van der Waals surface area contributed by atoms with Gasteiger partial charge in [-0.05, 0) is 36.8 Å². The molecule has 2 aromatic carbocycles. The van der Waals surface area contributed by atoms with Crippen molar-refractivity contribution in [2.75, 3.05) is 13.1 Å². The number of phenols is 1. The van der Waals surface area contributed by atoms with Gasteiger partial charge in [0.05, 0.1) is 6.54 Å². The summed E-state index contributed by atoms with van der Waals surface area (Å²) in [6.07, 6.45) is 0. The van der Waals surface area contributed by atoms with E-state index in [9.17, 15) is 27.9 Å². The third-order valence-electron chi connectivity index (χ3n) is 3.69. The maximum absolute atomic E-state index is 13.9. The van der Waals surface area contributed by atoms with Gasteiger partial charge in [0.25, 0.3) is 5.91 Å². The van der Waals surface area contributed by atoms with Crippen molar-refractivity contribution in [3.8, 4) is 5.75 Å². The van der Waals surface area contributed by atoms with Crippen molar-refractivity contribution in [3.05, 3.63) is 65.0 Å². The topological polar surface area (TPSA) is 69.6 Å². The second-order valence-corrected chi connectivity index (χ2v) is 5.48. The van der Waals surface area contributed by atoms with E-state index in [4.69, 9.17) is 0 Å². The summed E-state index contributed by atoms with van der Waals surface area (Å²) < 4.78 is 40.5. The number of rotatable bonds is 6. The predicted molar refractivity (Wildman–Crippen MR) is 87.8 cm³/mol. The van der Waals surface area contributed by atoms with Crippen LogP contribution in [-0.4, -0.2) is 34.9 Å². The quantitative estimate of drug-likeness (QED) is 0.826. The molecule has 0 atom stereocenters. The van der Waals surface area contributed by atoms with Gasteiger partial charge in [0.2, 0.25) is 5.91 Å². The Morgan fingerprint density at radius 2 is 1.73 bits per heavy atom. The number of amides is 2. The average Bonchev–Trinajstić information content (AvgIpc) is 2.62. The molecular weight excluding hydrogens is 349 g/mol. The molecule has 2 amide bonds. The van der Waals surface area contributed by atoms with Crippen molar-refractivity contribution in [1.29, 1.82) is 0 Å². The minimum absolute atomic E-state index is 0.0251. The van der Waals surface area contributed by atoms with E-state index in [1.165, 1.54) is 24.3 Å². The number of halogens is 3. The van der Waals surface area contributed by atoms with E-state index >= 15 is 0 Å². The van der Waals surface area contributed by atoms with Crippen molar-refractivity contribution in [2.45, 2.75) is 13.5 Å². The fourth-order valence-corrected chi connectivity index (χ4v) is 2.26. The minimum atomic E-state index is -1.37. The van der Waals surface area contributed by atoms with E-state index in [1.807, 2.05) is 0 Å². The molecule has 0 heterocycles. The van der Waals surface area contributed by atoms with E-state index in [-0.39, 0.29) is 13.1 Å². The molecular formula is C18H17F3N2O3. The molecule has 0 radical (unpaired) electrons.